The van der Waals surface area contributed by atoms with Gasteiger partial charge in [-0.15, -0.1) is 11.3 Å². The molecule has 37 heavy (non-hydrogen) atoms. The van der Waals surface area contributed by atoms with Crippen LogP contribution in [0, 0.1) is 0 Å². The minimum atomic E-state index is -0.398. The number of carbonyl (C=O) groups is 2. The Hall–Kier alpha value is -3.53. The molecule has 9 heteroatoms. The Kier molecular flexibility index (Phi) is 10.8. The number of nitrogens with zero attached hydrogens (tertiary/aromatic N) is 3. The molecule has 0 spiro atoms. The number of thiophene rings is 1. The molecule has 0 radical (unpaired) electrons. The Bertz CT molecular complexity index is 1190. The molecule has 1 aromatic heterocycles. The first kappa shape index (κ1) is 28.0. The molecular weight excluding hydrogens is 486 g/mol. The molecule has 1 heterocycles. The van der Waals surface area contributed by atoms with Gasteiger partial charge in [-0.2, -0.15) is 5.10 Å². The van der Waals surface area contributed by atoms with Gasteiger partial charge in [0.2, 0.25) is 0 Å². The van der Waals surface area contributed by atoms with E-state index in [9.17, 15) is 9.59 Å². The Balaban J connectivity index is 1.57. The molecule has 0 saturated carbocycles. The average molecular weight is 522 g/mol. The van der Waals surface area contributed by atoms with Crippen LogP contribution in [0.5, 0.6) is 5.75 Å². The lowest BCUT2D eigenvalue weighted by Crippen LogP contribution is -2.32. The number of benzene rings is 2. The zero-order valence-electron chi connectivity index (χ0n) is 21.9. The Morgan fingerprint density at radius 1 is 1.03 bits per heavy atom. The van der Waals surface area contributed by atoms with Crippen molar-refractivity contribution in [3.63, 3.8) is 0 Å². The van der Waals surface area contributed by atoms with Crippen molar-refractivity contribution in [3.8, 4) is 5.75 Å². The van der Waals surface area contributed by atoms with Crippen molar-refractivity contribution in [1.82, 2.24) is 15.2 Å². The van der Waals surface area contributed by atoms with E-state index in [1.807, 2.05) is 42.5 Å². The largest absolute Gasteiger partial charge is 0.497 e. The normalized spacial score (nSPS) is 11.3. The second-order valence-corrected chi connectivity index (χ2v) is 9.47. The third-order valence-electron chi connectivity index (χ3n) is 5.97. The molecule has 0 unspecified atom stereocenters. The van der Waals surface area contributed by atoms with Gasteiger partial charge in [0.25, 0.3) is 11.8 Å². The van der Waals surface area contributed by atoms with E-state index in [-0.39, 0.29) is 5.91 Å². The quantitative estimate of drug-likeness (QED) is 0.255. The van der Waals surface area contributed by atoms with Crippen molar-refractivity contribution >= 4 is 34.4 Å². The van der Waals surface area contributed by atoms with Gasteiger partial charge in [-0.1, -0.05) is 26.0 Å². The van der Waals surface area contributed by atoms with E-state index in [1.165, 1.54) is 11.3 Å². The number of anilines is 1. The van der Waals surface area contributed by atoms with Crippen LogP contribution in [-0.2, 0) is 6.54 Å². The summed E-state index contributed by atoms with van der Waals surface area (Å²) in [5.41, 5.74) is 5.31. The van der Waals surface area contributed by atoms with Gasteiger partial charge in [0, 0.05) is 25.2 Å². The van der Waals surface area contributed by atoms with Gasteiger partial charge in [-0.05, 0) is 79.1 Å². The summed E-state index contributed by atoms with van der Waals surface area (Å²) in [5, 5.41) is 9.14. The lowest BCUT2D eigenvalue weighted by atomic mass is 10.1. The van der Waals surface area contributed by atoms with Crippen molar-refractivity contribution < 1.29 is 14.3 Å². The number of hydrogen-bond donors (Lipinski definition) is 2. The number of hydrazone groups is 1. The average Bonchev–Trinajstić information content (AvgIpc) is 3.38. The standard InChI is InChI=1S/C28H35N5O3S/c1-5-33(6-2)16-15-32(3)20-22-8-7-9-23(18-22)26(34)30-28-25(14-17-37-28)27(35)31-29-19-21-10-12-24(36-4)13-11-21/h7-14,17-19H,5-6,15-16,20H2,1-4H3,(H,30,34)(H,31,35)/b29-19+. The van der Waals surface area contributed by atoms with Crippen LogP contribution in [-0.4, -0.2) is 68.2 Å². The van der Waals surface area contributed by atoms with E-state index in [0.29, 0.717) is 16.1 Å². The SMILES string of the molecule is CCN(CC)CCN(C)Cc1cccc(C(=O)Nc2sccc2C(=O)N/N=C/c2ccc(OC)cc2)c1. The number of amides is 2. The van der Waals surface area contributed by atoms with Crippen molar-refractivity contribution in [2.75, 3.05) is 45.7 Å². The van der Waals surface area contributed by atoms with Crippen LogP contribution in [0.15, 0.2) is 65.1 Å². The Labute approximate surface area is 222 Å². The number of hydrogen-bond acceptors (Lipinski definition) is 7. The third kappa shape index (κ3) is 8.52. The fraction of sp³-hybridized carbons (Fsp3) is 0.321. The zero-order chi connectivity index (χ0) is 26.6. The molecule has 8 nitrogen and oxygen atoms in total. The molecule has 2 amide bonds. The minimum Gasteiger partial charge on any atom is -0.497 e. The third-order valence-corrected chi connectivity index (χ3v) is 6.80. The van der Waals surface area contributed by atoms with Gasteiger partial charge < -0.3 is 19.9 Å². The minimum absolute atomic E-state index is 0.258. The van der Waals surface area contributed by atoms with Crippen molar-refractivity contribution in [2.24, 2.45) is 5.10 Å². The number of nitrogens with one attached hydrogen (secondary N) is 2. The van der Waals surface area contributed by atoms with E-state index >= 15 is 0 Å². The summed E-state index contributed by atoms with van der Waals surface area (Å²) in [6.07, 6.45) is 1.55. The predicted molar refractivity (Wildman–Crippen MR) is 151 cm³/mol. The molecule has 196 valence electrons. The van der Waals surface area contributed by atoms with E-state index in [4.69, 9.17) is 4.74 Å². The molecule has 0 atom stereocenters. The van der Waals surface area contributed by atoms with Gasteiger partial charge in [0.15, 0.2) is 0 Å². The summed E-state index contributed by atoms with van der Waals surface area (Å²) in [4.78, 5) is 30.3. The van der Waals surface area contributed by atoms with Crippen LogP contribution >= 0.6 is 11.3 Å². The van der Waals surface area contributed by atoms with E-state index in [2.05, 4.69) is 46.5 Å². The van der Waals surface area contributed by atoms with Gasteiger partial charge in [0.1, 0.15) is 10.8 Å². The summed E-state index contributed by atoms with van der Waals surface area (Å²) < 4.78 is 5.13. The number of carbonyl (C=O) groups excluding carboxylic acids is 2. The molecule has 0 aliphatic rings. The molecule has 3 aromatic rings. The highest BCUT2D eigenvalue weighted by Gasteiger charge is 2.16. The monoisotopic (exact) mass is 521 g/mol. The first-order valence-electron chi connectivity index (χ1n) is 12.3. The molecule has 0 aliphatic heterocycles. The topological polar surface area (TPSA) is 86.3 Å². The van der Waals surface area contributed by atoms with Crippen LogP contribution in [0.2, 0.25) is 0 Å². The van der Waals surface area contributed by atoms with Crippen LogP contribution < -0.4 is 15.5 Å². The van der Waals surface area contributed by atoms with Crippen molar-refractivity contribution in [3.05, 3.63) is 82.2 Å². The van der Waals surface area contributed by atoms with Gasteiger partial charge in [-0.25, -0.2) is 5.43 Å². The zero-order valence-corrected chi connectivity index (χ0v) is 22.7. The maximum absolute atomic E-state index is 13.0. The fourth-order valence-electron chi connectivity index (χ4n) is 3.73. The molecule has 2 N–H and O–H groups in total. The second kappa shape index (κ2) is 14.3. The molecule has 0 saturated heterocycles. The maximum atomic E-state index is 13.0. The maximum Gasteiger partial charge on any atom is 0.274 e. The number of ether oxygens (including phenoxy) is 1. The molecule has 0 fully saturated rings. The number of methoxy groups -OCH3 is 1. The van der Waals surface area contributed by atoms with Crippen molar-refractivity contribution in [1.29, 1.82) is 0 Å². The summed E-state index contributed by atoms with van der Waals surface area (Å²) >= 11 is 1.29. The van der Waals surface area contributed by atoms with Crippen LogP contribution in [0.1, 0.15) is 45.7 Å². The summed E-state index contributed by atoms with van der Waals surface area (Å²) in [6.45, 7) is 9.13. The molecular formula is C28H35N5O3S. The highest BCUT2D eigenvalue weighted by atomic mass is 32.1. The highest BCUT2D eigenvalue weighted by molar-refractivity contribution is 7.14. The lowest BCUT2D eigenvalue weighted by Gasteiger charge is -2.23. The molecule has 0 aliphatic carbocycles. The Morgan fingerprint density at radius 3 is 2.49 bits per heavy atom. The van der Waals surface area contributed by atoms with Gasteiger partial charge >= 0.3 is 0 Å². The second-order valence-electron chi connectivity index (χ2n) is 8.55. The van der Waals surface area contributed by atoms with Crippen LogP contribution in [0.4, 0.5) is 5.00 Å². The fourth-order valence-corrected chi connectivity index (χ4v) is 4.51. The smallest absolute Gasteiger partial charge is 0.274 e. The summed E-state index contributed by atoms with van der Waals surface area (Å²) in [7, 11) is 3.69. The lowest BCUT2D eigenvalue weighted by molar-refractivity contribution is 0.0956. The highest BCUT2D eigenvalue weighted by Crippen LogP contribution is 2.24. The molecule has 0 bridgehead atoms. The number of rotatable bonds is 13. The van der Waals surface area contributed by atoms with E-state index in [1.54, 1.807) is 30.8 Å². The van der Waals surface area contributed by atoms with Crippen LogP contribution in [0.25, 0.3) is 0 Å². The first-order valence-corrected chi connectivity index (χ1v) is 13.2. The molecule has 3 rings (SSSR count). The number of likely N-dealkylation sites (N-methyl/N-ethyl adjacent to an activating group) is 2. The van der Waals surface area contributed by atoms with Gasteiger partial charge in [0.05, 0.1) is 18.9 Å². The molecule has 2 aromatic carbocycles. The predicted octanol–water partition coefficient (Wildman–Crippen LogP) is 4.55. The Morgan fingerprint density at radius 2 is 1.78 bits per heavy atom. The van der Waals surface area contributed by atoms with E-state index < -0.39 is 5.91 Å². The first-order chi connectivity index (χ1) is 17.9. The summed E-state index contributed by atoms with van der Waals surface area (Å²) in [5.74, 6) is 0.0865. The van der Waals surface area contributed by atoms with E-state index in [0.717, 1.165) is 49.6 Å². The van der Waals surface area contributed by atoms with Crippen molar-refractivity contribution in [2.45, 2.75) is 20.4 Å². The van der Waals surface area contributed by atoms with Crippen LogP contribution in [0.3, 0.4) is 0 Å². The van der Waals surface area contributed by atoms with Gasteiger partial charge in [-0.3, -0.25) is 9.59 Å². The summed E-state index contributed by atoms with van der Waals surface area (Å²) in [6, 6.07) is 16.6.